The first-order valence-corrected chi connectivity index (χ1v) is 11.5. The number of benzene rings is 1. The van der Waals surface area contributed by atoms with E-state index in [0.717, 1.165) is 11.5 Å². The van der Waals surface area contributed by atoms with Crippen LogP contribution in [0.5, 0.6) is 11.5 Å². The molecule has 2 atom stereocenters. The highest BCUT2D eigenvalue weighted by Crippen LogP contribution is 2.47. The van der Waals surface area contributed by atoms with Gasteiger partial charge in [-0.25, -0.2) is 9.79 Å². The zero-order valence-corrected chi connectivity index (χ0v) is 20.0. The smallest absolute Gasteiger partial charge is 0.338 e. The van der Waals surface area contributed by atoms with Gasteiger partial charge in [-0.05, 0) is 51.1 Å². The molecular weight excluding hydrogens is 444 g/mol. The van der Waals surface area contributed by atoms with Gasteiger partial charge in [-0.3, -0.25) is 9.69 Å². The number of aryl methyl sites for hydroxylation is 1. The SMILES string of the molecule is CCOC(=O)C1=C(C)N=C2SC(Cc3ccc(C)o3)C(=O)N2C1c1cc(OC)ccc1OC. The van der Waals surface area contributed by atoms with E-state index in [9.17, 15) is 9.59 Å². The highest BCUT2D eigenvalue weighted by molar-refractivity contribution is 8.15. The molecule has 1 aromatic carbocycles. The van der Waals surface area contributed by atoms with Gasteiger partial charge in [0.25, 0.3) is 0 Å². The van der Waals surface area contributed by atoms with Gasteiger partial charge in [-0.15, -0.1) is 0 Å². The van der Waals surface area contributed by atoms with Crippen LogP contribution in [0.25, 0.3) is 0 Å². The molecule has 1 amide bonds. The summed E-state index contributed by atoms with van der Waals surface area (Å²) >= 11 is 1.37. The Morgan fingerprint density at radius 1 is 1.18 bits per heavy atom. The minimum atomic E-state index is -0.759. The average Bonchev–Trinajstić information content (AvgIpc) is 3.34. The van der Waals surface area contributed by atoms with Crippen molar-refractivity contribution in [2.45, 2.75) is 38.5 Å². The van der Waals surface area contributed by atoms with Gasteiger partial charge in [0, 0.05) is 12.0 Å². The van der Waals surface area contributed by atoms with Crippen molar-refractivity contribution in [2.75, 3.05) is 20.8 Å². The summed E-state index contributed by atoms with van der Waals surface area (Å²) in [5.74, 6) is 1.95. The number of furan rings is 1. The predicted octanol–water partition coefficient (Wildman–Crippen LogP) is 4.04. The topological polar surface area (TPSA) is 90.6 Å². The quantitative estimate of drug-likeness (QED) is 0.564. The molecule has 2 aliphatic heterocycles. The highest BCUT2D eigenvalue weighted by Gasteiger charge is 2.48. The second-order valence-corrected chi connectivity index (χ2v) is 8.83. The lowest BCUT2D eigenvalue weighted by molar-refractivity contribution is -0.139. The maximum atomic E-state index is 13.7. The molecule has 2 aromatic rings. The van der Waals surface area contributed by atoms with E-state index in [2.05, 4.69) is 4.99 Å². The first-order valence-electron chi connectivity index (χ1n) is 10.6. The van der Waals surface area contributed by atoms with Crippen LogP contribution in [0.4, 0.5) is 0 Å². The lowest BCUT2D eigenvalue weighted by Gasteiger charge is -2.33. The van der Waals surface area contributed by atoms with Gasteiger partial charge in [0.05, 0.1) is 37.3 Å². The fraction of sp³-hybridized carbons (Fsp3) is 0.375. The van der Waals surface area contributed by atoms with Gasteiger partial charge in [-0.2, -0.15) is 0 Å². The molecule has 1 saturated heterocycles. The summed E-state index contributed by atoms with van der Waals surface area (Å²) in [6.07, 6.45) is 0.419. The van der Waals surface area contributed by atoms with Crippen molar-refractivity contribution in [3.05, 3.63) is 58.7 Å². The fourth-order valence-electron chi connectivity index (χ4n) is 4.05. The number of carbonyl (C=O) groups is 2. The number of ether oxygens (including phenoxy) is 3. The zero-order valence-electron chi connectivity index (χ0n) is 19.2. The lowest BCUT2D eigenvalue weighted by Crippen LogP contribution is -2.41. The number of hydrogen-bond donors (Lipinski definition) is 0. The molecule has 33 heavy (non-hydrogen) atoms. The Labute approximate surface area is 196 Å². The molecular formula is C24H26N2O6S. The van der Waals surface area contributed by atoms with E-state index in [0.29, 0.717) is 39.9 Å². The number of hydrogen-bond acceptors (Lipinski definition) is 8. The lowest BCUT2D eigenvalue weighted by atomic mass is 9.93. The molecule has 2 aliphatic rings. The van der Waals surface area contributed by atoms with Crippen LogP contribution in [0.15, 0.2) is 51.0 Å². The molecule has 174 valence electrons. The molecule has 0 radical (unpaired) electrons. The number of amidine groups is 1. The Balaban J connectivity index is 1.81. The third kappa shape index (κ3) is 4.25. The van der Waals surface area contributed by atoms with Gasteiger partial charge in [0.15, 0.2) is 5.17 Å². The molecule has 0 saturated carbocycles. The fourth-order valence-corrected chi connectivity index (χ4v) is 5.27. The second kappa shape index (κ2) is 9.35. The molecule has 4 rings (SSSR count). The number of amides is 1. The van der Waals surface area contributed by atoms with E-state index in [1.165, 1.54) is 11.8 Å². The van der Waals surface area contributed by atoms with Gasteiger partial charge in [0.1, 0.15) is 29.1 Å². The normalized spacial score (nSPS) is 20.0. The summed E-state index contributed by atoms with van der Waals surface area (Å²) < 4.78 is 22.1. The third-order valence-electron chi connectivity index (χ3n) is 5.56. The maximum absolute atomic E-state index is 13.7. The van der Waals surface area contributed by atoms with Crippen LogP contribution in [0.2, 0.25) is 0 Å². The van der Waals surface area contributed by atoms with Crippen molar-refractivity contribution in [1.29, 1.82) is 0 Å². The van der Waals surface area contributed by atoms with Crippen LogP contribution in [-0.2, 0) is 20.7 Å². The van der Waals surface area contributed by atoms with E-state index in [1.807, 2.05) is 19.1 Å². The van der Waals surface area contributed by atoms with Crippen LogP contribution in [-0.4, -0.2) is 48.0 Å². The van der Waals surface area contributed by atoms with Crippen molar-refractivity contribution < 1.29 is 28.2 Å². The van der Waals surface area contributed by atoms with E-state index >= 15 is 0 Å². The van der Waals surface area contributed by atoms with Crippen LogP contribution in [0.1, 0.15) is 37.0 Å². The molecule has 2 unspecified atom stereocenters. The number of rotatable bonds is 7. The number of esters is 1. The summed E-state index contributed by atoms with van der Waals surface area (Å²) in [6, 6.07) is 8.29. The molecule has 0 aliphatic carbocycles. The number of thioether (sulfide) groups is 1. The summed E-state index contributed by atoms with van der Waals surface area (Å²) in [7, 11) is 3.11. The van der Waals surface area contributed by atoms with Crippen molar-refractivity contribution in [2.24, 2.45) is 4.99 Å². The van der Waals surface area contributed by atoms with Crippen LogP contribution >= 0.6 is 11.8 Å². The number of nitrogens with zero attached hydrogens (tertiary/aromatic N) is 2. The minimum Gasteiger partial charge on any atom is -0.497 e. The molecule has 9 heteroatoms. The molecule has 3 heterocycles. The Bertz CT molecular complexity index is 1150. The van der Waals surface area contributed by atoms with Gasteiger partial charge in [-0.1, -0.05) is 11.8 Å². The van der Waals surface area contributed by atoms with Crippen molar-refractivity contribution in [3.8, 4) is 11.5 Å². The molecule has 8 nitrogen and oxygen atoms in total. The van der Waals surface area contributed by atoms with Crippen LogP contribution < -0.4 is 9.47 Å². The Morgan fingerprint density at radius 2 is 1.97 bits per heavy atom. The second-order valence-electron chi connectivity index (χ2n) is 7.66. The highest BCUT2D eigenvalue weighted by atomic mass is 32.2. The number of allylic oxidation sites excluding steroid dienone is 1. The van der Waals surface area contributed by atoms with Gasteiger partial charge < -0.3 is 18.6 Å². The van der Waals surface area contributed by atoms with E-state index in [-0.39, 0.29) is 12.5 Å². The van der Waals surface area contributed by atoms with E-state index < -0.39 is 17.3 Å². The van der Waals surface area contributed by atoms with Crippen LogP contribution in [0, 0.1) is 6.92 Å². The molecule has 1 fully saturated rings. The molecule has 0 bridgehead atoms. The number of methoxy groups -OCH3 is 2. The summed E-state index contributed by atoms with van der Waals surface area (Å²) in [4.78, 5) is 32.9. The van der Waals surface area contributed by atoms with Crippen molar-refractivity contribution >= 4 is 28.8 Å². The third-order valence-corrected chi connectivity index (χ3v) is 6.71. The van der Waals surface area contributed by atoms with Crippen LogP contribution in [0.3, 0.4) is 0 Å². The Kier molecular flexibility index (Phi) is 6.51. The predicted molar refractivity (Wildman–Crippen MR) is 124 cm³/mol. The van der Waals surface area contributed by atoms with Crippen molar-refractivity contribution in [1.82, 2.24) is 4.90 Å². The van der Waals surface area contributed by atoms with Gasteiger partial charge >= 0.3 is 5.97 Å². The number of carbonyl (C=O) groups excluding carboxylic acids is 2. The zero-order chi connectivity index (χ0) is 23.7. The maximum Gasteiger partial charge on any atom is 0.338 e. The Morgan fingerprint density at radius 3 is 2.61 bits per heavy atom. The minimum absolute atomic E-state index is 0.156. The first kappa shape index (κ1) is 23.0. The Hall–Kier alpha value is -3.20. The monoisotopic (exact) mass is 470 g/mol. The summed E-state index contributed by atoms with van der Waals surface area (Å²) in [6.45, 7) is 5.57. The van der Waals surface area contributed by atoms with E-state index in [4.69, 9.17) is 18.6 Å². The summed E-state index contributed by atoms with van der Waals surface area (Å²) in [5, 5.41) is 0.108. The number of aliphatic imine (C=N–C) groups is 1. The largest absolute Gasteiger partial charge is 0.497 e. The number of fused-ring (bicyclic) bond motifs is 1. The molecule has 0 spiro atoms. The average molecular weight is 471 g/mol. The van der Waals surface area contributed by atoms with E-state index in [1.54, 1.807) is 51.2 Å². The first-order chi connectivity index (χ1) is 15.9. The molecule has 0 N–H and O–H groups in total. The van der Waals surface area contributed by atoms with Gasteiger partial charge in [0.2, 0.25) is 5.91 Å². The van der Waals surface area contributed by atoms with Crippen molar-refractivity contribution in [3.63, 3.8) is 0 Å². The summed E-state index contributed by atoms with van der Waals surface area (Å²) in [5.41, 5.74) is 1.43. The molecule has 1 aromatic heterocycles. The standard InChI is InChI=1S/C24H26N2O6S/c1-6-31-23(28)20-14(3)25-24-26(21(20)17-11-15(29-4)9-10-18(17)30-5)22(27)19(33-24)12-16-8-7-13(2)32-16/h7-11,19,21H,6,12H2,1-5H3.